The van der Waals surface area contributed by atoms with Crippen molar-refractivity contribution < 1.29 is 5.11 Å². The molecule has 2 nitrogen and oxygen atoms in total. The Balaban J connectivity index is 1.96. The molecule has 0 spiro atoms. The summed E-state index contributed by atoms with van der Waals surface area (Å²) in [4.78, 5) is 4.61. The molecule has 0 aliphatic rings. The van der Waals surface area contributed by atoms with E-state index in [-0.39, 0.29) is 5.41 Å². The van der Waals surface area contributed by atoms with Gasteiger partial charge in [0.25, 0.3) is 0 Å². The molecule has 1 N–H and O–H groups in total. The summed E-state index contributed by atoms with van der Waals surface area (Å²) in [5.41, 5.74) is 1.64. The first-order valence-electron chi connectivity index (χ1n) is 7.08. The molecule has 0 fully saturated rings. The second-order valence-electron chi connectivity index (χ2n) is 6.34. The number of aromatic nitrogens is 1. The van der Waals surface area contributed by atoms with Crippen LogP contribution in [0, 0.1) is 0 Å². The molecule has 0 amide bonds. The van der Waals surface area contributed by atoms with Crippen molar-refractivity contribution >= 4 is 22.1 Å². The first kappa shape index (κ1) is 14.2. The number of thiazole rings is 1. The SMILES string of the molecule is CC(C)(C)c1nc(C(O)c2ccc3ccccc3c2)cs1. The van der Waals surface area contributed by atoms with E-state index in [1.807, 2.05) is 35.7 Å². The summed E-state index contributed by atoms with van der Waals surface area (Å²) in [6.45, 7) is 6.41. The van der Waals surface area contributed by atoms with Gasteiger partial charge in [-0.2, -0.15) is 0 Å². The number of hydrogen-bond acceptors (Lipinski definition) is 3. The van der Waals surface area contributed by atoms with Gasteiger partial charge in [0.15, 0.2) is 0 Å². The first-order valence-corrected chi connectivity index (χ1v) is 7.96. The van der Waals surface area contributed by atoms with Gasteiger partial charge in [-0.1, -0.05) is 57.2 Å². The number of fused-ring (bicyclic) bond motifs is 1. The molecule has 21 heavy (non-hydrogen) atoms. The molecule has 1 heterocycles. The van der Waals surface area contributed by atoms with E-state index in [1.54, 1.807) is 11.3 Å². The van der Waals surface area contributed by atoms with Crippen molar-refractivity contribution in [1.82, 2.24) is 4.98 Å². The van der Waals surface area contributed by atoms with Gasteiger partial charge in [-0.3, -0.25) is 0 Å². The Morgan fingerprint density at radius 1 is 1.05 bits per heavy atom. The minimum atomic E-state index is -0.665. The average molecular weight is 297 g/mol. The van der Waals surface area contributed by atoms with Crippen LogP contribution < -0.4 is 0 Å². The third-order valence-electron chi connectivity index (χ3n) is 3.53. The number of aliphatic hydroxyl groups is 1. The second-order valence-corrected chi connectivity index (χ2v) is 7.19. The molecule has 0 aliphatic carbocycles. The number of hydrogen-bond donors (Lipinski definition) is 1. The Kier molecular flexibility index (Phi) is 3.56. The van der Waals surface area contributed by atoms with Crippen LogP contribution >= 0.6 is 11.3 Å². The van der Waals surface area contributed by atoms with Gasteiger partial charge in [0.1, 0.15) is 6.10 Å². The fourth-order valence-corrected chi connectivity index (χ4v) is 3.23. The lowest BCUT2D eigenvalue weighted by Gasteiger charge is -2.14. The molecule has 3 rings (SSSR count). The molecule has 3 aromatic rings. The molecule has 1 aromatic heterocycles. The van der Waals surface area contributed by atoms with E-state index in [4.69, 9.17) is 0 Å². The van der Waals surface area contributed by atoms with Crippen LogP contribution in [0.3, 0.4) is 0 Å². The zero-order valence-electron chi connectivity index (χ0n) is 12.5. The highest BCUT2D eigenvalue weighted by Crippen LogP contribution is 2.30. The van der Waals surface area contributed by atoms with Gasteiger partial charge >= 0.3 is 0 Å². The number of benzene rings is 2. The van der Waals surface area contributed by atoms with Gasteiger partial charge in [-0.15, -0.1) is 11.3 Å². The van der Waals surface area contributed by atoms with Gasteiger partial charge in [-0.05, 0) is 22.4 Å². The molecule has 108 valence electrons. The maximum absolute atomic E-state index is 10.6. The molecule has 2 aromatic carbocycles. The summed E-state index contributed by atoms with van der Waals surface area (Å²) in [6, 6.07) is 14.2. The summed E-state index contributed by atoms with van der Waals surface area (Å²) in [7, 11) is 0. The fourth-order valence-electron chi connectivity index (χ4n) is 2.30. The lowest BCUT2D eigenvalue weighted by Crippen LogP contribution is -2.11. The Morgan fingerprint density at radius 2 is 1.76 bits per heavy atom. The largest absolute Gasteiger partial charge is 0.382 e. The molecule has 0 saturated carbocycles. The smallest absolute Gasteiger partial charge is 0.122 e. The maximum atomic E-state index is 10.6. The van der Waals surface area contributed by atoms with Crippen molar-refractivity contribution in [3.05, 3.63) is 64.1 Å². The fraction of sp³-hybridized carbons (Fsp3) is 0.278. The van der Waals surface area contributed by atoms with Gasteiger partial charge < -0.3 is 5.11 Å². The molecule has 1 unspecified atom stereocenters. The Morgan fingerprint density at radius 3 is 2.43 bits per heavy atom. The monoisotopic (exact) mass is 297 g/mol. The Labute approximate surface area is 129 Å². The minimum Gasteiger partial charge on any atom is -0.382 e. The topological polar surface area (TPSA) is 33.1 Å². The van der Waals surface area contributed by atoms with Crippen LogP contribution in [-0.2, 0) is 5.41 Å². The third kappa shape index (κ3) is 2.85. The highest BCUT2D eigenvalue weighted by atomic mass is 32.1. The van der Waals surface area contributed by atoms with Crippen LogP contribution in [0.2, 0.25) is 0 Å². The summed E-state index contributed by atoms with van der Waals surface area (Å²) in [6.07, 6.45) is -0.665. The van der Waals surface area contributed by atoms with Crippen molar-refractivity contribution in [1.29, 1.82) is 0 Å². The van der Waals surface area contributed by atoms with Gasteiger partial charge in [-0.25, -0.2) is 4.98 Å². The molecule has 3 heteroatoms. The summed E-state index contributed by atoms with van der Waals surface area (Å²) >= 11 is 1.61. The standard InChI is InChI=1S/C18H19NOS/c1-18(2,3)17-19-15(11-21-17)16(20)14-9-8-12-6-4-5-7-13(12)10-14/h4-11,16,20H,1-3H3. The van der Waals surface area contributed by atoms with Crippen LogP contribution in [0.4, 0.5) is 0 Å². The van der Waals surface area contributed by atoms with Crippen LogP contribution in [0.15, 0.2) is 47.8 Å². The van der Waals surface area contributed by atoms with Crippen LogP contribution in [0.5, 0.6) is 0 Å². The van der Waals surface area contributed by atoms with E-state index in [9.17, 15) is 5.11 Å². The average Bonchev–Trinajstić information content (AvgIpc) is 2.96. The first-order chi connectivity index (χ1) is 9.95. The number of rotatable bonds is 2. The second kappa shape index (κ2) is 5.24. The normalized spacial score (nSPS) is 13.5. The highest BCUT2D eigenvalue weighted by Gasteiger charge is 2.21. The van der Waals surface area contributed by atoms with Crippen LogP contribution in [-0.4, -0.2) is 10.1 Å². The van der Waals surface area contributed by atoms with Gasteiger partial charge in [0.2, 0.25) is 0 Å². The Bertz CT molecular complexity index is 770. The van der Waals surface area contributed by atoms with Crippen molar-refractivity contribution in [2.45, 2.75) is 32.3 Å². The lowest BCUT2D eigenvalue weighted by molar-refractivity contribution is 0.216. The zero-order chi connectivity index (χ0) is 15.0. The molecule has 0 radical (unpaired) electrons. The van der Waals surface area contributed by atoms with E-state index < -0.39 is 6.10 Å². The third-order valence-corrected chi connectivity index (χ3v) is 4.82. The predicted molar refractivity (Wildman–Crippen MR) is 88.8 cm³/mol. The maximum Gasteiger partial charge on any atom is 0.122 e. The number of aliphatic hydroxyl groups excluding tert-OH is 1. The van der Waals surface area contributed by atoms with Crippen molar-refractivity contribution in [2.24, 2.45) is 0 Å². The predicted octanol–water partition coefficient (Wildman–Crippen LogP) is 4.68. The molecule has 0 aliphatic heterocycles. The van der Waals surface area contributed by atoms with Crippen molar-refractivity contribution in [2.75, 3.05) is 0 Å². The molecular formula is C18H19NOS. The molecule has 0 bridgehead atoms. The highest BCUT2D eigenvalue weighted by molar-refractivity contribution is 7.09. The Hall–Kier alpha value is -1.71. The quantitative estimate of drug-likeness (QED) is 0.745. The van der Waals surface area contributed by atoms with Gasteiger partial charge in [0, 0.05) is 10.8 Å². The van der Waals surface area contributed by atoms with E-state index in [2.05, 4.69) is 37.9 Å². The van der Waals surface area contributed by atoms with Crippen LogP contribution in [0.1, 0.15) is 43.1 Å². The summed E-state index contributed by atoms with van der Waals surface area (Å²) < 4.78 is 0. The van der Waals surface area contributed by atoms with Gasteiger partial charge in [0.05, 0.1) is 10.7 Å². The summed E-state index contributed by atoms with van der Waals surface area (Å²) in [5.74, 6) is 0. The lowest BCUT2D eigenvalue weighted by atomic mass is 9.98. The minimum absolute atomic E-state index is 0.0199. The van der Waals surface area contributed by atoms with E-state index in [0.29, 0.717) is 0 Å². The zero-order valence-corrected chi connectivity index (χ0v) is 13.3. The van der Waals surface area contributed by atoms with E-state index >= 15 is 0 Å². The van der Waals surface area contributed by atoms with Crippen molar-refractivity contribution in [3.8, 4) is 0 Å². The molecular weight excluding hydrogens is 278 g/mol. The number of nitrogens with zero attached hydrogens (tertiary/aromatic N) is 1. The van der Waals surface area contributed by atoms with Crippen LogP contribution in [0.25, 0.3) is 10.8 Å². The van der Waals surface area contributed by atoms with E-state index in [0.717, 1.165) is 21.7 Å². The summed E-state index contributed by atoms with van der Waals surface area (Å²) in [5, 5.41) is 15.9. The van der Waals surface area contributed by atoms with Crippen molar-refractivity contribution in [3.63, 3.8) is 0 Å². The van der Waals surface area contributed by atoms with E-state index in [1.165, 1.54) is 5.39 Å². The molecule has 0 saturated heterocycles. The molecule has 1 atom stereocenters.